The molecule has 2 rings (SSSR count). The molecular weight excluding hydrogens is 252 g/mol. The number of nitrogens with one attached hydrogen (secondary N) is 1. The van der Waals surface area contributed by atoms with E-state index in [0.717, 1.165) is 38.0 Å². The number of nitrogens with zero attached hydrogens (tertiary/aromatic N) is 1. The van der Waals surface area contributed by atoms with Gasteiger partial charge in [0.05, 0.1) is 6.61 Å². The number of benzene rings is 1. The fourth-order valence-electron chi connectivity index (χ4n) is 2.72. The highest BCUT2D eigenvalue weighted by atomic mass is 16.5. The second-order valence-corrected chi connectivity index (χ2v) is 5.45. The van der Waals surface area contributed by atoms with Crippen molar-refractivity contribution in [2.75, 3.05) is 32.1 Å². The van der Waals surface area contributed by atoms with Gasteiger partial charge < -0.3 is 15.0 Å². The van der Waals surface area contributed by atoms with E-state index in [1.54, 1.807) is 0 Å². The zero-order chi connectivity index (χ0) is 14.4. The van der Waals surface area contributed by atoms with E-state index in [1.807, 2.05) is 37.3 Å². The van der Waals surface area contributed by atoms with Crippen molar-refractivity contribution in [3.05, 3.63) is 30.3 Å². The molecule has 1 fully saturated rings. The number of esters is 1. The van der Waals surface area contributed by atoms with Crippen LogP contribution in [0.15, 0.2) is 30.3 Å². The fraction of sp³-hybridized carbons (Fsp3) is 0.562. The van der Waals surface area contributed by atoms with Crippen molar-refractivity contribution >= 4 is 11.7 Å². The molecule has 0 bridgehead atoms. The minimum Gasteiger partial charge on any atom is -0.464 e. The van der Waals surface area contributed by atoms with Gasteiger partial charge in [-0.05, 0) is 51.9 Å². The molecule has 0 radical (unpaired) electrons. The number of anilines is 1. The SMILES string of the molecule is CCOC(=O)C1(Nc2ccccc2)CCCN(C)CC1. The van der Waals surface area contributed by atoms with Crippen LogP contribution in [-0.2, 0) is 9.53 Å². The number of likely N-dealkylation sites (tertiary alicyclic amines) is 1. The van der Waals surface area contributed by atoms with Crippen LogP contribution in [0.3, 0.4) is 0 Å². The Labute approximate surface area is 121 Å². The van der Waals surface area contributed by atoms with E-state index in [9.17, 15) is 4.79 Å². The van der Waals surface area contributed by atoms with Gasteiger partial charge in [-0.1, -0.05) is 18.2 Å². The Morgan fingerprint density at radius 3 is 2.75 bits per heavy atom. The average molecular weight is 276 g/mol. The molecule has 0 saturated carbocycles. The summed E-state index contributed by atoms with van der Waals surface area (Å²) in [5, 5.41) is 3.44. The molecule has 1 aliphatic rings. The highest BCUT2D eigenvalue weighted by Crippen LogP contribution is 2.28. The van der Waals surface area contributed by atoms with Gasteiger partial charge in [-0.15, -0.1) is 0 Å². The highest BCUT2D eigenvalue weighted by molar-refractivity contribution is 5.84. The summed E-state index contributed by atoms with van der Waals surface area (Å²) in [6, 6.07) is 9.92. The molecule has 1 unspecified atom stereocenters. The van der Waals surface area contributed by atoms with E-state index in [2.05, 4.69) is 17.3 Å². The van der Waals surface area contributed by atoms with Crippen molar-refractivity contribution in [3.63, 3.8) is 0 Å². The average Bonchev–Trinajstić information content (AvgIpc) is 2.64. The van der Waals surface area contributed by atoms with E-state index in [4.69, 9.17) is 4.74 Å². The van der Waals surface area contributed by atoms with E-state index in [0.29, 0.717) is 6.61 Å². The summed E-state index contributed by atoms with van der Waals surface area (Å²) in [7, 11) is 2.10. The Kier molecular flexibility index (Phi) is 5.01. The van der Waals surface area contributed by atoms with Crippen LogP contribution in [0, 0.1) is 0 Å². The molecule has 1 heterocycles. The lowest BCUT2D eigenvalue weighted by Gasteiger charge is -2.32. The van der Waals surface area contributed by atoms with Crippen LogP contribution < -0.4 is 5.32 Å². The number of carbonyl (C=O) groups is 1. The smallest absolute Gasteiger partial charge is 0.331 e. The monoisotopic (exact) mass is 276 g/mol. The minimum atomic E-state index is -0.595. The van der Waals surface area contributed by atoms with Crippen LogP contribution in [0.5, 0.6) is 0 Å². The van der Waals surface area contributed by atoms with Crippen molar-refractivity contribution < 1.29 is 9.53 Å². The van der Waals surface area contributed by atoms with Crippen molar-refractivity contribution in [1.29, 1.82) is 0 Å². The normalized spacial score (nSPS) is 23.9. The summed E-state index contributed by atoms with van der Waals surface area (Å²) < 4.78 is 5.33. The van der Waals surface area contributed by atoms with Gasteiger partial charge in [-0.3, -0.25) is 0 Å². The van der Waals surface area contributed by atoms with Crippen molar-refractivity contribution in [1.82, 2.24) is 4.90 Å². The van der Waals surface area contributed by atoms with Crippen LogP contribution in [0.25, 0.3) is 0 Å². The van der Waals surface area contributed by atoms with Crippen molar-refractivity contribution in [2.24, 2.45) is 0 Å². The van der Waals surface area contributed by atoms with Crippen molar-refractivity contribution in [3.8, 4) is 0 Å². The van der Waals surface area contributed by atoms with E-state index < -0.39 is 5.54 Å². The first-order chi connectivity index (χ1) is 9.66. The van der Waals surface area contributed by atoms with E-state index in [-0.39, 0.29) is 5.97 Å². The zero-order valence-corrected chi connectivity index (χ0v) is 12.4. The lowest BCUT2D eigenvalue weighted by atomic mass is 9.90. The molecule has 1 atom stereocenters. The van der Waals surface area contributed by atoms with Crippen molar-refractivity contribution in [2.45, 2.75) is 31.7 Å². The molecule has 1 N–H and O–H groups in total. The summed E-state index contributed by atoms with van der Waals surface area (Å²) in [6.45, 7) is 4.21. The molecule has 0 amide bonds. The van der Waals surface area contributed by atoms with Crippen LogP contribution >= 0.6 is 0 Å². The van der Waals surface area contributed by atoms with Gasteiger partial charge in [-0.25, -0.2) is 4.79 Å². The van der Waals surface area contributed by atoms with Gasteiger partial charge in [0.15, 0.2) is 0 Å². The summed E-state index contributed by atoms with van der Waals surface area (Å²) in [6.07, 6.45) is 2.58. The molecule has 4 nitrogen and oxygen atoms in total. The molecule has 20 heavy (non-hydrogen) atoms. The lowest BCUT2D eigenvalue weighted by molar-refractivity contribution is -0.149. The van der Waals surface area contributed by atoms with E-state index in [1.165, 1.54) is 0 Å². The summed E-state index contributed by atoms with van der Waals surface area (Å²) >= 11 is 0. The lowest BCUT2D eigenvalue weighted by Crippen LogP contribution is -2.48. The first kappa shape index (κ1) is 14.9. The number of ether oxygens (including phenoxy) is 1. The minimum absolute atomic E-state index is 0.126. The number of hydrogen-bond acceptors (Lipinski definition) is 4. The summed E-state index contributed by atoms with van der Waals surface area (Å²) in [4.78, 5) is 14.8. The van der Waals surface area contributed by atoms with Gasteiger partial charge in [0, 0.05) is 12.2 Å². The Balaban J connectivity index is 2.21. The molecular formula is C16H24N2O2. The third-order valence-corrected chi connectivity index (χ3v) is 3.89. The zero-order valence-electron chi connectivity index (χ0n) is 12.4. The first-order valence-electron chi connectivity index (χ1n) is 7.35. The molecule has 0 spiro atoms. The predicted molar refractivity (Wildman–Crippen MR) is 80.8 cm³/mol. The Hall–Kier alpha value is -1.55. The van der Waals surface area contributed by atoms with Gasteiger partial charge >= 0.3 is 5.97 Å². The standard InChI is InChI=1S/C16H24N2O2/c1-3-20-15(19)16(10-7-12-18(2)13-11-16)17-14-8-5-4-6-9-14/h4-6,8-9,17H,3,7,10-13H2,1-2H3. The van der Waals surface area contributed by atoms with Gasteiger partial charge in [0.25, 0.3) is 0 Å². The summed E-state index contributed by atoms with van der Waals surface area (Å²) in [5.41, 5.74) is 0.382. The first-order valence-corrected chi connectivity index (χ1v) is 7.35. The Morgan fingerprint density at radius 2 is 2.05 bits per heavy atom. The van der Waals surface area contributed by atoms with Crippen LogP contribution in [0.4, 0.5) is 5.69 Å². The molecule has 1 aromatic carbocycles. The maximum absolute atomic E-state index is 12.5. The number of hydrogen-bond donors (Lipinski definition) is 1. The number of rotatable bonds is 4. The molecule has 4 heteroatoms. The molecule has 110 valence electrons. The fourth-order valence-corrected chi connectivity index (χ4v) is 2.72. The second-order valence-electron chi connectivity index (χ2n) is 5.45. The number of para-hydroxylation sites is 1. The van der Waals surface area contributed by atoms with Crippen LogP contribution in [-0.4, -0.2) is 43.2 Å². The highest BCUT2D eigenvalue weighted by Gasteiger charge is 2.40. The topological polar surface area (TPSA) is 41.6 Å². The molecule has 0 aromatic heterocycles. The maximum atomic E-state index is 12.5. The van der Waals surface area contributed by atoms with Crippen LogP contribution in [0.1, 0.15) is 26.2 Å². The van der Waals surface area contributed by atoms with Crippen LogP contribution in [0.2, 0.25) is 0 Å². The Bertz CT molecular complexity index is 435. The largest absolute Gasteiger partial charge is 0.464 e. The molecule has 0 aliphatic carbocycles. The molecule has 1 aliphatic heterocycles. The molecule has 1 aromatic rings. The third kappa shape index (κ3) is 3.51. The second kappa shape index (κ2) is 6.75. The predicted octanol–water partition coefficient (Wildman–Crippen LogP) is 2.52. The van der Waals surface area contributed by atoms with Gasteiger partial charge in [-0.2, -0.15) is 0 Å². The maximum Gasteiger partial charge on any atom is 0.331 e. The van der Waals surface area contributed by atoms with Gasteiger partial charge in [0.1, 0.15) is 5.54 Å². The summed E-state index contributed by atoms with van der Waals surface area (Å²) in [5.74, 6) is -0.126. The quantitative estimate of drug-likeness (QED) is 0.858. The van der Waals surface area contributed by atoms with E-state index >= 15 is 0 Å². The third-order valence-electron chi connectivity index (χ3n) is 3.89. The molecule has 1 saturated heterocycles. The van der Waals surface area contributed by atoms with Gasteiger partial charge in [0.2, 0.25) is 0 Å². The number of carbonyl (C=O) groups excluding carboxylic acids is 1. The Morgan fingerprint density at radius 1 is 1.30 bits per heavy atom.